The lowest BCUT2D eigenvalue weighted by molar-refractivity contribution is 0.190. The summed E-state index contributed by atoms with van der Waals surface area (Å²) in [4.78, 5) is 17.5. The first-order valence-corrected chi connectivity index (χ1v) is 9.72. The van der Waals surface area contributed by atoms with Gasteiger partial charge in [-0.15, -0.1) is 11.3 Å². The van der Waals surface area contributed by atoms with Crippen molar-refractivity contribution in [2.75, 3.05) is 11.9 Å². The van der Waals surface area contributed by atoms with E-state index >= 15 is 0 Å². The molecule has 1 N–H and O–H groups in total. The zero-order chi connectivity index (χ0) is 16.9. The van der Waals surface area contributed by atoms with Gasteiger partial charge in [0, 0.05) is 22.0 Å². The fourth-order valence-corrected chi connectivity index (χ4v) is 4.32. The summed E-state index contributed by atoms with van der Waals surface area (Å²) < 4.78 is 0. The van der Waals surface area contributed by atoms with Crippen molar-refractivity contribution < 1.29 is 4.79 Å². The number of urea groups is 1. The van der Waals surface area contributed by atoms with Gasteiger partial charge < -0.3 is 10.2 Å². The van der Waals surface area contributed by atoms with Crippen LogP contribution in [0.15, 0.2) is 36.4 Å². The summed E-state index contributed by atoms with van der Waals surface area (Å²) in [6, 6.07) is 12.7. The summed E-state index contributed by atoms with van der Waals surface area (Å²) in [5.41, 5.74) is 2.16. The van der Waals surface area contributed by atoms with Gasteiger partial charge in [0.25, 0.3) is 0 Å². The highest BCUT2D eigenvalue weighted by Crippen LogP contribution is 2.34. The van der Waals surface area contributed by atoms with E-state index in [-0.39, 0.29) is 12.1 Å². The van der Waals surface area contributed by atoms with Crippen molar-refractivity contribution in [1.29, 1.82) is 0 Å². The quantitative estimate of drug-likeness (QED) is 0.754. The smallest absolute Gasteiger partial charge is 0.317 e. The van der Waals surface area contributed by atoms with Crippen LogP contribution in [-0.2, 0) is 6.42 Å². The number of carbonyl (C=O) groups excluding carboxylic acids is 1. The minimum absolute atomic E-state index is 0.0252. The number of anilines is 1. The standard InChI is InChI=1S/C20H26N2OS/c1-3-16-9-11-17(12-10-16)21-20(23)22-14-6-4-5-7-18(22)19-13-8-15(2)24-19/h8-13,18H,3-7,14H2,1-2H3,(H,21,23). The Morgan fingerprint density at radius 1 is 1.17 bits per heavy atom. The van der Waals surface area contributed by atoms with E-state index in [0.717, 1.165) is 31.5 Å². The first-order chi connectivity index (χ1) is 11.7. The van der Waals surface area contributed by atoms with Gasteiger partial charge in [-0.1, -0.05) is 31.9 Å². The Labute approximate surface area is 148 Å². The molecule has 2 amide bonds. The monoisotopic (exact) mass is 342 g/mol. The van der Waals surface area contributed by atoms with Gasteiger partial charge in [0.15, 0.2) is 0 Å². The van der Waals surface area contributed by atoms with Crippen molar-refractivity contribution >= 4 is 23.1 Å². The second kappa shape index (κ2) is 7.84. The molecule has 1 aromatic carbocycles. The third-order valence-electron chi connectivity index (χ3n) is 4.72. The van der Waals surface area contributed by atoms with E-state index in [9.17, 15) is 4.79 Å². The number of thiophene rings is 1. The highest BCUT2D eigenvalue weighted by atomic mass is 32.1. The van der Waals surface area contributed by atoms with Crippen LogP contribution in [0.1, 0.15) is 54.0 Å². The molecule has 4 heteroatoms. The number of amides is 2. The molecule has 1 unspecified atom stereocenters. The Balaban J connectivity index is 1.76. The van der Waals surface area contributed by atoms with E-state index in [4.69, 9.17) is 0 Å². The van der Waals surface area contributed by atoms with Crippen LogP contribution < -0.4 is 5.32 Å². The van der Waals surface area contributed by atoms with Crippen molar-refractivity contribution in [1.82, 2.24) is 4.90 Å². The Morgan fingerprint density at radius 2 is 1.96 bits per heavy atom. The number of hydrogen-bond acceptors (Lipinski definition) is 2. The fourth-order valence-electron chi connectivity index (χ4n) is 3.30. The number of hydrogen-bond donors (Lipinski definition) is 1. The maximum Gasteiger partial charge on any atom is 0.322 e. The first-order valence-electron chi connectivity index (χ1n) is 8.90. The lowest BCUT2D eigenvalue weighted by atomic mass is 10.1. The van der Waals surface area contributed by atoms with Crippen LogP contribution in [-0.4, -0.2) is 17.5 Å². The van der Waals surface area contributed by atoms with Gasteiger partial charge in [-0.05, 0) is 56.0 Å². The summed E-state index contributed by atoms with van der Waals surface area (Å²) >= 11 is 1.81. The van der Waals surface area contributed by atoms with Gasteiger partial charge in [-0.2, -0.15) is 0 Å². The molecular formula is C20H26N2OS. The highest BCUT2D eigenvalue weighted by molar-refractivity contribution is 7.12. The summed E-state index contributed by atoms with van der Waals surface area (Å²) in [5.74, 6) is 0. The van der Waals surface area contributed by atoms with Crippen LogP contribution in [0.3, 0.4) is 0 Å². The fraction of sp³-hybridized carbons (Fsp3) is 0.450. The first kappa shape index (κ1) is 17.0. The molecule has 1 atom stereocenters. The van der Waals surface area contributed by atoms with Crippen molar-refractivity contribution in [2.24, 2.45) is 0 Å². The molecule has 0 spiro atoms. The molecule has 1 saturated heterocycles. The van der Waals surface area contributed by atoms with Gasteiger partial charge in [-0.3, -0.25) is 0 Å². The van der Waals surface area contributed by atoms with E-state index in [1.54, 1.807) is 0 Å². The van der Waals surface area contributed by atoms with Crippen LogP contribution >= 0.6 is 11.3 Å². The van der Waals surface area contributed by atoms with E-state index in [1.165, 1.54) is 28.2 Å². The third kappa shape index (κ3) is 3.99. The number of carbonyl (C=O) groups is 1. The lowest BCUT2D eigenvalue weighted by Crippen LogP contribution is -2.37. The Morgan fingerprint density at radius 3 is 2.62 bits per heavy atom. The summed E-state index contributed by atoms with van der Waals surface area (Å²) in [5, 5.41) is 3.09. The number of benzene rings is 1. The highest BCUT2D eigenvalue weighted by Gasteiger charge is 2.27. The van der Waals surface area contributed by atoms with Gasteiger partial charge >= 0.3 is 6.03 Å². The number of nitrogens with zero attached hydrogens (tertiary/aromatic N) is 1. The van der Waals surface area contributed by atoms with Crippen LogP contribution in [0.5, 0.6) is 0 Å². The maximum atomic E-state index is 12.9. The minimum atomic E-state index is 0.0252. The Bertz CT molecular complexity index is 677. The molecule has 1 aromatic heterocycles. The SMILES string of the molecule is CCc1ccc(NC(=O)N2CCCCCC2c2ccc(C)s2)cc1. The van der Waals surface area contributed by atoms with Crippen LogP contribution in [0.25, 0.3) is 0 Å². The van der Waals surface area contributed by atoms with E-state index in [2.05, 4.69) is 43.4 Å². The van der Waals surface area contributed by atoms with Gasteiger partial charge in [0.05, 0.1) is 6.04 Å². The molecule has 0 aliphatic carbocycles. The van der Waals surface area contributed by atoms with Crippen LogP contribution in [0, 0.1) is 6.92 Å². The molecule has 2 aromatic rings. The summed E-state index contributed by atoms with van der Waals surface area (Å²) in [6.45, 7) is 5.10. The second-order valence-corrected chi connectivity index (χ2v) is 7.81. The average molecular weight is 343 g/mol. The largest absolute Gasteiger partial charge is 0.322 e. The zero-order valence-corrected chi connectivity index (χ0v) is 15.4. The van der Waals surface area contributed by atoms with Crippen molar-refractivity contribution in [3.63, 3.8) is 0 Å². The van der Waals surface area contributed by atoms with Gasteiger partial charge in [0.2, 0.25) is 0 Å². The van der Waals surface area contributed by atoms with Gasteiger partial charge in [-0.25, -0.2) is 4.79 Å². The Hall–Kier alpha value is -1.81. The molecule has 128 valence electrons. The van der Waals surface area contributed by atoms with Crippen LogP contribution in [0.2, 0.25) is 0 Å². The summed E-state index contributed by atoms with van der Waals surface area (Å²) in [7, 11) is 0. The normalized spacial score (nSPS) is 18.2. The average Bonchev–Trinajstić information content (AvgIpc) is 2.87. The second-order valence-electron chi connectivity index (χ2n) is 6.49. The molecule has 1 aliphatic heterocycles. The summed E-state index contributed by atoms with van der Waals surface area (Å²) in [6.07, 6.45) is 5.55. The number of likely N-dealkylation sites (tertiary alicyclic amines) is 1. The third-order valence-corrected chi connectivity index (χ3v) is 5.82. The molecule has 2 heterocycles. The molecule has 24 heavy (non-hydrogen) atoms. The molecule has 0 radical (unpaired) electrons. The zero-order valence-electron chi connectivity index (χ0n) is 14.5. The van der Waals surface area contributed by atoms with Crippen LogP contribution in [0.4, 0.5) is 10.5 Å². The molecule has 1 aliphatic rings. The molecule has 3 nitrogen and oxygen atoms in total. The number of aryl methyl sites for hydroxylation is 2. The molecular weight excluding hydrogens is 316 g/mol. The lowest BCUT2D eigenvalue weighted by Gasteiger charge is -2.29. The molecule has 3 rings (SSSR count). The molecule has 1 fully saturated rings. The van der Waals surface area contributed by atoms with Crippen molar-refractivity contribution in [3.8, 4) is 0 Å². The van der Waals surface area contributed by atoms with Crippen molar-refractivity contribution in [2.45, 2.75) is 52.0 Å². The number of nitrogens with one attached hydrogen (secondary N) is 1. The predicted octanol–water partition coefficient (Wildman–Crippen LogP) is 5.77. The maximum absolute atomic E-state index is 12.9. The Kier molecular flexibility index (Phi) is 5.56. The van der Waals surface area contributed by atoms with E-state index < -0.39 is 0 Å². The topological polar surface area (TPSA) is 32.3 Å². The predicted molar refractivity (Wildman–Crippen MR) is 102 cm³/mol. The number of rotatable bonds is 3. The van der Waals surface area contributed by atoms with Gasteiger partial charge in [0.1, 0.15) is 0 Å². The minimum Gasteiger partial charge on any atom is -0.317 e. The molecule has 0 bridgehead atoms. The van der Waals surface area contributed by atoms with Crippen molar-refractivity contribution in [3.05, 3.63) is 51.7 Å². The van der Waals surface area contributed by atoms with E-state index in [1.807, 2.05) is 28.4 Å². The molecule has 0 saturated carbocycles. The van der Waals surface area contributed by atoms with E-state index in [0.29, 0.717) is 0 Å².